The first-order chi connectivity index (χ1) is 12.0. The van der Waals surface area contributed by atoms with Gasteiger partial charge in [-0.1, -0.05) is 6.07 Å². The zero-order chi connectivity index (χ0) is 18.1. The third-order valence-corrected chi connectivity index (χ3v) is 4.57. The molecule has 1 aliphatic rings. The molecule has 0 spiro atoms. The van der Waals surface area contributed by atoms with E-state index in [0.717, 1.165) is 0 Å². The lowest BCUT2D eigenvalue weighted by atomic mass is 9.91. The lowest BCUT2D eigenvalue weighted by Gasteiger charge is -2.40. The fraction of sp³-hybridized carbons (Fsp3) is 0.471. The van der Waals surface area contributed by atoms with Gasteiger partial charge in [-0.05, 0) is 12.1 Å². The first kappa shape index (κ1) is 17.7. The van der Waals surface area contributed by atoms with E-state index < -0.39 is 37.1 Å². The Bertz CT molecular complexity index is 796. The van der Waals surface area contributed by atoms with Crippen LogP contribution < -0.4 is 4.74 Å². The van der Waals surface area contributed by atoms with Crippen molar-refractivity contribution in [1.29, 1.82) is 5.26 Å². The quantitative estimate of drug-likeness (QED) is 0.514. The van der Waals surface area contributed by atoms with E-state index in [1.165, 1.54) is 7.11 Å². The van der Waals surface area contributed by atoms with Crippen molar-refractivity contribution in [2.24, 2.45) is 0 Å². The second kappa shape index (κ2) is 7.00. The van der Waals surface area contributed by atoms with Crippen LogP contribution in [0.3, 0.4) is 0 Å². The fourth-order valence-corrected chi connectivity index (χ4v) is 3.32. The van der Waals surface area contributed by atoms with Crippen molar-refractivity contribution < 1.29 is 29.9 Å². The van der Waals surface area contributed by atoms with Crippen molar-refractivity contribution in [2.75, 3.05) is 13.7 Å². The van der Waals surface area contributed by atoms with Crippen LogP contribution in [0.4, 0.5) is 0 Å². The van der Waals surface area contributed by atoms with E-state index in [2.05, 4.69) is 11.1 Å². The van der Waals surface area contributed by atoms with E-state index in [-0.39, 0.29) is 6.42 Å². The highest BCUT2D eigenvalue weighted by Crippen LogP contribution is 2.39. The Morgan fingerprint density at radius 1 is 1.24 bits per heavy atom. The first-order valence-corrected chi connectivity index (χ1v) is 7.88. The number of ether oxygens (including phenoxy) is 2. The summed E-state index contributed by atoms with van der Waals surface area (Å²) in [6.07, 6.45) is -6.37. The molecule has 2 aromatic rings. The van der Waals surface area contributed by atoms with Gasteiger partial charge < -0.3 is 34.9 Å². The molecular formula is C17H20N2O6. The Hall–Kier alpha value is -2.15. The van der Waals surface area contributed by atoms with E-state index in [1.807, 2.05) is 0 Å². The molecule has 1 aromatic heterocycles. The molecule has 2 heterocycles. The van der Waals surface area contributed by atoms with Gasteiger partial charge in [0.25, 0.3) is 0 Å². The van der Waals surface area contributed by atoms with E-state index >= 15 is 0 Å². The first-order valence-electron chi connectivity index (χ1n) is 7.88. The van der Waals surface area contributed by atoms with Gasteiger partial charge in [0.1, 0.15) is 36.3 Å². The standard InChI is InChI=1S/C17H20N2O6/c1-24-10-4-2-3-9-12(10)8(5-6-18)13(19-9)17-16(23)15(22)14(21)11(7-20)25-17/h2-4,11,14-17,19-23H,5,7H2,1H3/t11-,14-,15+,16+,17+/m1/s1. The highest BCUT2D eigenvalue weighted by Gasteiger charge is 2.45. The summed E-state index contributed by atoms with van der Waals surface area (Å²) in [4.78, 5) is 3.11. The van der Waals surface area contributed by atoms with Crippen LogP contribution in [0.1, 0.15) is 17.4 Å². The number of methoxy groups -OCH3 is 1. The zero-order valence-electron chi connectivity index (χ0n) is 13.6. The summed E-state index contributed by atoms with van der Waals surface area (Å²) in [5.74, 6) is 0.565. The van der Waals surface area contributed by atoms with E-state index in [4.69, 9.17) is 9.47 Å². The number of nitrogens with zero attached hydrogens (tertiary/aromatic N) is 1. The summed E-state index contributed by atoms with van der Waals surface area (Å²) < 4.78 is 11.0. The maximum atomic E-state index is 10.4. The van der Waals surface area contributed by atoms with E-state index in [9.17, 15) is 25.7 Å². The molecule has 3 rings (SSSR count). The molecule has 1 fully saturated rings. The van der Waals surface area contributed by atoms with Crippen LogP contribution >= 0.6 is 0 Å². The molecule has 1 aromatic carbocycles. The average Bonchev–Trinajstić information content (AvgIpc) is 2.99. The summed E-state index contributed by atoms with van der Waals surface area (Å²) in [5, 5.41) is 49.6. The fourth-order valence-electron chi connectivity index (χ4n) is 3.32. The van der Waals surface area contributed by atoms with Gasteiger partial charge in [0.2, 0.25) is 0 Å². The van der Waals surface area contributed by atoms with Gasteiger partial charge in [-0.3, -0.25) is 0 Å². The molecule has 1 aliphatic heterocycles. The lowest BCUT2D eigenvalue weighted by Crippen LogP contribution is -2.55. The molecule has 0 radical (unpaired) electrons. The number of aliphatic hydroxyl groups excluding tert-OH is 4. The summed E-state index contributed by atoms with van der Waals surface area (Å²) in [7, 11) is 1.52. The minimum atomic E-state index is -1.49. The Morgan fingerprint density at radius 2 is 2.00 bits per heavy atom. The smallest absolute Gasteiger partial charge is 0.128 e. The van der Waals surface area contributed by atoms with E-state index in [1.54, 1.807) is 18.2 Å². The molecule has 0 saturated carbocycles. The van der Waals surface area contributed by atoms with Crippen molar-refractivity contribution in [3.63, 3.8) is 0 Å². The average molecular weight is 348 g/mol. The predicted octanol–water partition coefficient (Wildman–Crippen LogP) is -0.243. The number of aromatic amines is 1. The van der Waals surface area contributed by atoms with Crippen molar-refractivity contribution in [3.05, 3.63) is 29.5 Å². The number of benzene rings is 1. The zero-order valence-corrected chi connectivity index (χ0v) is 13.6. The number of hydrogen-bond donors (Lipinski definition) is 5. The molecule has 0 amide bonds. The molecule has 8 nitrogen and oxygen atoms in total. The number of hydrogen-bond acceptors (Lipinski definition) is 7. The Kier molecular flexibility index (Phi) is 4.94. The maximum Gasteiger partial charge on any atom is 0.128 e. The lowest BCUT2D eigenvalue weighted by molar-refractivity contribution is -0.232. The Labute approximate surface area is 143 Å². The van der Waals surface area contributed by atoms with Gasteiger partial charge in [0.05, 0.1) is 31.9 Å². The molecule has 0 aliphatic carbocycles. The molecule has 0 bridgehead atoms. The molecule has 8 heteroatoms. The minimum Gasteiger partial charge on any atom is -0.496 e. The maximum absolute atomic E-state index is 10.4. The van der Waals surface area contributed by atoms with Crippen LogP contribution in [-0.2, 0) is 11.2 Å². The molecule has 0 unspecified atom stereocenters. The predicted molar refractivity (Wildman–Crippen MR) is 86.9 cm³/mol. The highest BCUT2D eigenvalue weighted by molar-refractivity contribution is 5.91. The van der Waals surface area contributed by atoms with Gasteiger partial charge in [0, 0.05) is 16.5 Å². The number of fused-ring (bicyclic) bond motifs is 1. The van der Waals surface area contributed by atoms with E-state index in [0.29, 0.717) is 27.9 Å². The second-order valence-corrected chi connectivity index (χ2v) is 5.98. The molecule has 134 valence electrons. The second-order valence-electron chi connectivity index (χ2n) is 5.98. The van der Waals surface area contributed by atoms with Crippen LogP contribution in [0.2, 0.25) is 0 Å². The normalized spacial score (nSPS) is 29.5. The SMILES string of the molecule is COc1cccc2[nH]c([C@@H]3O[C@H](CO)[C@@H](O)[C@H](O)[C@@H]3O)c(CC#N)c12. The largest absolute Gasteiger partial charge is 0.496 e. The van der Waals surface area contributed by atoms with Crippen molar-refractivity contribution in [1.82, 2.24) is 4.98 Å². The third kappa shape index (κ3) is 2.86. The molecule has 5 N–H and O–H groups in total. The van der Waals surface area contributed by atoms with Crippen LogP contribution in [0.25, 0.3) is 10.9 Å². The number of H-pyrrole nitrogens is 1. The number of aliphatic hydroxyl groups is 4. The topological polar surface area (TPSA) is 139 Å². The number of nitrogens with one attached hydrogen (secondary N) is 1. The van der Waals surface area contributed by atoms with Crippen LogP contribution in [0.5, 0.6) is 5.75 Å². The Balaban J connectivity index is 2.14. The van der Waals surface area contributed by atoms with Gasteiger partial charge in [-0.25, -0.2) is 0 Å². The van der Waals surface area contributed by atoms with Crippen LogP contribution in [0.15, 0.2) is 18.2 Å². The number of nitriles is 1. The number of aromatic nitrogens is 1. The van der Waals surface area contributed by atoms with Crippen LogP contribution in [-0.4, -0.2) is 63.5 Å². The van der Waals surface area contributed by atoms with Crippen molar-refractivity contribution in [2.45, 2.75) is 36.9 Å². The van der Waals surface area contributed by atoms with Crippen molar-refractivity contribution in [3.8, 4) is 11.8 Å². The monoisotopic (exact) mass is 348 g/mol. The molecule has 5 atom stereocenters. The highest BCUT2D eigenvalue weighted by atomic mass is 16.5. The van der Waals surface area contributed by atoms with Gasteiger partial charge in [-0.15, -0.1) is 0 Å². The minimum absolute atomic E-state index is 0.0325. The van der Waals surface area contributed by atoms with Crippen LogP contribution in [0, 0.1) is 11.3 Å². The Morgan fingerprint density at radius 3 is 2.64 bits per heavy atom. The molecule has 25 heavy (non-hydrogen) atoms. The third-order valence-electron chi connectivity index (χ3n) is 4.57. The summed E-state index contributed by atoms with van der Waals surface area (Å²) in [6, 6.07) is 7.42. The molecular weight excluding hydrogens is 328 g/mol. The number of rotatable bonds is 4. The van der Waals surface area contributed by atoms with Gasteiger partial charge in [0.15, 0.2) is 0 Å². The molecule has 1 saturated heterocycles. The summed E-state index contributed by atoms with van der Waals surface area (Å²) in [5.41, 5.74) is 1.69. The summed E-state index contributed by atoms with van der Waals surface area (Å²) in [6.45, 7) is -0.515. The summed E-state index contributed by atoms with van der Waals surface area (Å²) >= 11 is 0. The van der Waals surface area contributed by atoms with Crippen molar-refractivity contribution >= 4 is 10.9 Å². The van der Waals surface area contributed by atoms with Gasteiger partial charge in [-0.2, -0.15) is 5.26 Å². The van der Waals surface area contributed by atoms with Gasteiger partial charge >= 0.3 is 0 Å².